The Balaban J connectivity index is 3.27. The molecule has 0 amide bonds. The second-order valence-corrected chi connectivity index (χ2v) is 4.00. The van der Waals surface area contributed by atoms with Crippen LogP contribution in [0.5, 0.6) is 0 Å². The third kappa shape index (κ3) is 2.53. The maximum absolute atomic E-state index is 5.59. The highest BCUT2D eigenvalue weighted by Gasteiger charge is 2.11. The van der Waals surface area contributed by atoms with Gasteiger partial charge in [0, 0.05) is 34.4 Å². The van der Waals surface area contributed by atoms with Gasteiger partial charge in [-0.15, -0.1) is 0 Å². The molecule has 2 N–H and O–H groups in total. The lowest BCUT2D eigenvalue weighted by Gasteiger charge is -2.18. The van der Waals surface area contributed by atoms with Gasteiger partial charge in [0.05, 0.1) is 5.56 Å². The Kier molecular flexibility index (Phi) is 3.41. The fourth-order valence-corrected chi connectivity index (χ4v) is 1.24. The number of hydrogen-bond acceptors (Lipinski definition) is 5. The van der Waals surface area contributed by atoms with Gasteiger partial charge in [-0.3, -0.25) is 0 Å². The first-order chi connectivity index (χ1) is 6.93. The van der Waals surface area contributed by atoms with Crippen molar-refractivity contribution in [2.24, 2.45) is 5.73 Å². The lowest BCUT2D eigenvalue weighted by Crippen LogP contribution is -2.22. The van der Waals surface area contributed by atoms with Crippen LogP contribution in [0.3, 0.4) is 0 Å². The lowest BCUT2D eigenvalue weighted by molar-refractivity contribution is 0.965. The van der Waals surface area contributed by atoms with Gasteiger partial charge in [0.25, 0.3) is 0 Å². The quantitative estimate of drug-likeness (QED) is 0.744. The van der Waals surface area contributed by atoms with Crippen molar-refractivity contribution < 1.29 is 0 Å². The maximum atomic E-state index is 5.59. The van der Waals surface area contributed by atoms with E-state index in [0.717, 1.165) is 5.82 Å². The largest absolute Gasteiger partial charge is 0.389 e. The number of nitrogens with zero attached hydrogens (tertiary/aromatic N) is 4. The molecule has 0 aliphatic carbocycles. The first-order valence-corrected chi connectivity index (χ1v) is 4.85. The molecule has 6 heteroatoms. The molecule has 0 aliphatic heterocycles. The highest BCUT2D eigenvalue weighted by molar-refractivity contribution is 7.80. The Bertz CT molecular complexity index is 375. The van der Waals surface area contributed by atoms with Crippen molar-refractivity contribution in [3.8, 4) is 0 Å². The molecule has 5 nitrogen and oxygen atoms in total. The van der Waals surface area contributed by atoms with Crippen molar-refractivity contribution in [1.82, 2.24) is 9.97 Å². The van der Waals surface area contributed by atoms with Gasteiger partial charge in [-0.05, 0) is 0 Å². The van der Waals surface area contributed by atoms with Gasteiger partial charge in [-0.1, -0.05) is 12.2 Å². The van der Waals surface area contributed by atoms with Crippen LogP contribution in [0, 0.1) is 0 Å². The predicted octanol–water partition coefficient (Wildman–Crippen LogP) is 0.243. The molecule has 1 heterocycles. The molecule has 0 atom stereocenters. The highest BCUT2D eigenvalue weighted by atomic mass is 32.1. The van der Waals surface area contributed by atoms with E-state index in [1.54, 1.807) is 6.20 Å². The summed E-state index contributed by atoms with van der Waals surface area (Å²) in [6, 6.07) is 0. The molecule has 0 saturated heterocycles. The van der Waals surface area contributed by atoms with Gasteiger partial charge in [-0.2, -0.15) is 4.98 Å². The van der Waals surface area contributed by atoms with Crippen LogP contribution in [0.1, 0.15) is 5.56 Å². The summed E-state index contributed by atoms with van der Waals surface area (Å²) < 4.78 is 0. The first kappa shape index (κ1) is 11.6. The smallest absolute Gasteiger partial charge is 0.226 e. The van der Waals surface area contributed by atoms with Crippen molar-refractivity contribution >= 4 is 29.0 Å². The summed E-state index contributed by atoms with van der Waals surface area (Å²) in [5.74, 6) is 1.37. The first-order valence-electron chi connectivity index (χ1n) is 4.45. The second-order valence-electron chi connectivity index (χ2n) is 3.56. The molecule has 1 rings (SSSR count). The lowest BCUT2D eigenvalue weighted by atomic mass is 10.3. The zero-order chi connectivity index (χ0) is 11.6. The topological polar surface area (TPSA) is 58.3 Å². The summed E-state index contributed by atoms with van der Waals surface area (Å²) in [5.41, 5.74) is 6.28. The number of thiocarbonyl (C=S) groups is 1. The second kappa shape index (κ2) is 4.39. The molecule has 0 fully saturated rings. The van der Waals surface area contributed by atoms with Gasteiger partial charge in [-0.25, -0.2) is 4.98 Å². The van der Waals surface area contributed by atoms with Crippen molar-refractivity contribution in [3.05, 3.63) is 11.8 Å². The molecule has 1 aromatic heterocycles. The number of aromatic nitrogens is 2. The minimum atomic E-state index is 0.309. The number of rotatable bonds is 3. The molecular weight excluding hydrogens is 210 g/mol. The Hall–Kier alpha value is -1.43. The summed E-state index contributed by atoms with van der Waals surface area (Å²) in [6.07, 6.45) is 1.65. The normalized spacial score (nSPS) is 9.87. The van der Waals surface area contributed by atoms with E-state index in [-0.39, 0.29) is 0 Å². The molecule has 82 valence electrons. The molecule has 0 bridgehead atoms. The van der Waals surface area contributed by atoms with E-state index in [9.17, 15) is 0 Å². The van der Waals surface area contributed by atoms with Crippen LogP contribution >= 0.6 is 12.2 Å². The maximum Gasteiger partial charge on any atom is 0.226 e. The fraction of sp³-hybridized carbons (Fsp3) is 0.444. The van der Waals surface area contributed by atoms with E-state index in [1.807, 2.05) is 38.0 Å². The number of hydrogen-bond donors (Lipinski definition) is 1. The minimum Gasteiger partial charge on any atom is -0.389 e. The molecule has 0 aliphatic rings. The van der Waals surface area contributed by atoms with E-state index < -0.39 is 0 Å². The Labute approximate surface area is 94.9 Å². The van der Waals surface area contributed by atoms with E-state index in [4.69, 9.17) is 18.0 Å². The Morgan fingerprint density at radius 3 is 2.27 bits per heavy atom. The molecule has 1 aromatic rings. The average Bonchev–Trinajstić information content (AvgIpc) is 2.16. The van der Waals surface area contributed by atoms with Crippen LogP contribution < -0.4 is 15.5 Å². The van der Waals surface area contributed by atoms with Crippen molar-refractivity contribution in [1.29, 1.82) is 0 Å². The van der Waals surface area contributed by atoms with Gasteiger partial charge in [0.15, 0.2) is 0 Å². The summed E-state index contributed by atoms with van der Waals surface area (Å²) in [6.45, 7) is 0. The van der Waals surface area contributed by atoms with Crippen LogP contribution in [0.25, 0.3) is 0 Å². The van der Waals surface area contributed by atoms with E-state index in [2.05, 4.69) is 9.97 Å². The van der Waals surface area contributed by atoms with Crippen molar-refractivity contribution in [2.45, 2.75) is 0 Å². The minimum absolute atomic E-state index is 0.309. The monoisotopic (exact) mass is 225 g/mol. The van der Waals surface area contributed by atoms with E-state index in [1.165, 1.54) is 0 Å². The Morgan fingerprint density at radius 2 is 1.87 bits per heavy atom. The van der Waals surface area contributed by atoms with Crippen LogP contribution in [-0.2, 0) is 0 Å². The number of nitrogens with two attached hydrogens (primary N) is 1. The van der Waals surface area contributed by atoms with Gasteiger partial charge in [0.2, 0.25) is 5.95 Å². The highest BCUT2D eigenvalue weighted by Crippen LogP contribution is 2.17. The van der Waals surface area contributed by atoms with Crippen LogP contribution in [0.2, 0.25) is 0 Å². The average molecular weight is 225 g/mol. The third-order valence-corrected chi connectivity index (χ3v) is 2.06. The van der Waals surface area contributed by atoms with Crippen LogP contribution in [-0.4, -0.2) is 43.1 Å². The SMILES string of the molecule is CN(C)c1ncc(C(N)=S)c(N(C)C)n1. The van der Waals surface area contributed by atoms with Gasteiger partial charge in [0.1, 0.15) is 10.8 Å². The zero-order valence-electron chi connectivity index (χ0n) is 9.35. The van der Waals surface area contributed by atoms with E-state index in [0.29, 0.717) is 16.5 Å². The summed E-state index contributed by atoms with van der Waals surface area (Å²) in [5, 5.41) is 0. The summed E-state index contributed by atoms with van der Waals surface area (Å²) in [4.78, 5) is 12.5. The Morgan fingerprint density at radius 1 is 1.27 bits per heavy atom. The van der Waals surface area contributed by atoms with Crippen LogP contribution in [0.15, 0.2) is 6.20 Å². The molecule has 0 saturated carbocycles. The third-order valence-electron chi connectivity index (χ3n) is 1.84. The predicted molar refractivity (Wildman–Crippen MR) is 66.6 cm³/mol. The molecule has 0 spiro atoms. The molecule has 15 heavy (non-hydrogen) atoms. The molecular formula is C9H15N5S. The van der Waals surface area contributed by atoms with Crippen molar-refractivity contribution in [3.63, 3.8) is 0 Å². The van der Waals surface area contributed by atoms with Crippen LogP contribution in [0.4, 0.5) is 11.8 Å². The van der Waals surface area contributed by atoms with E-state index >= 15 is 0 Å². The van der Waals surface area contributed by atoms with Crippen molar-refractivity contribution in [2.75, 3.05) is 38.0 Å². The summed E-state index contributed by atoms with van der Waals surface area (Å²) >= 11 is 4.94. The number of anilines is 2. The summed E-state index contributed by atoms with van der Waals surface area (Å²) in [7, 11) is 7.55. The zero-order valence-corrected chi connectivity index (χ0v) is 10.2. The standard InChI is InChI=1S/C9H15N5S/c1-13(2)8-6(7(10)15)5-11-9(12-8)14(3)4/h5H,1-4H3,(H2,10,15). The molecule has 0 radical (unpaired) electrons. The molecule has 0 unspecified atom stereocenters. The molecule has 0 aromatic carbocycles. The van der Waals surface area contributed by atoms with Gasteiger partial charge >= 0.3 is 0 Å². The van der Waals surface area contributed by atoms with Gasteiger partial charge < -0.3 is 15.5 Å². The fourth-order valence-electron chi connectivity index (χ4n) is 1.09.